The maximum absolute atomic E-state index is 11.6. The zero-order valence-corrected chi connectivity index (χ0v) is 11.9. The molecule has 0 unspecified atom stereocenters. The van der Waals surface area contributed by atoms with E-state index in [9.17, 15) is 14.8 Å². The summed E-state index contributed by atoms with van der Waals surface area (Å²) in [4.78, 5) is 25.9. The molecule has 0 fully saturated rings. The number of ether oxygens (including phenoxy) is 2. The number of carbonyl (C=O) groups is 2. The minimum Gasteiger partial charge on any atom is -0.569 e. The summed E-state index contributed by atoms with van der Waals surface area (Å²) in [5.74, 6) is -1.20. The number of hydrazine groups is 1. The van der Waals surface area contributed by atoms with Crippen LogP contribution < -0.4 is 0 Å². The Balaban J connectivity index is 4.43. The molecule has 0 saturated carbocycles. The molecule has 1 N–H and O–H groups in total. The number of nitrogens with zero attached hydrogens (tertiary/aromatic N) is 3. The summed E-state index contributed by atoms with van der Waals surface area (Å²) in [5.41, 5.74) is -0.783. The number of hydrogen-bond acceptors (Lipinski definition) is 7. The van der Waals surface area contributed by atoms with Crippen LogP contribution in [0.4, 0.5) is 4.79 Å². The smallest absolute Gasteiger partial charge is 0.511 e. The zero-order chi connectivity index (χ0) is 15.8. The third kappa shape index (κ3) is 7.24. The minimum atomic E-state index is -1.20. The van der Waals surface area contributed by atoms with Crippen LogP contribution in [0.3, 0.4) is 0 Å². The lowest BCUT2D eigenvalue weighted by atomic mass is 10.1. The van der Waals surface area contributed by atoms with Gasteiger partial charge in [0.1, 0.15) is 0 Å². The Labute approximate surface area is 116 Å². The predicted octanol–water partition coefficient (Wildman–Crippen LogP) is 1.11. The first-order chi connectivity index (χ1) is 9.18. The van der Waals surface area contributed by atoms with Gasteiger partial charge in [0.05, 0.1) is 17.1 Å². The molecule has 0 aromatic rings. The fourth-order valence-electron chi connectivity index (χ4n) is 1.03. The molecule has 0 amide bonds. The predicted molar refractivity (Wildman–Crippen MR) is 64.2 cm³/mol. The molecule has 0 heterocycles. The van der Waals surface area contributed by atoms with Gasteiger partial charge in [0.2, 0.25) is 5.28 Å². The Kier molecular flexibility index (Phi) is 7.11. The van der Waals surface area contributed by atoms with E-state index in [0.717, 1.165) is 5.01 Å². The molecule has 10 heteroatoms. The lowest BCUT2D eigenvalue weighted by Crippen LogP contribution is -2.48. The van der Waals surface area contributed by atoms with E-state index >= 15 is 0 Å². The van der Waals surface area contributed by atoms with Crippen molar-refractivity contribution in [2.75, 3.05) is 19.9 Å². The number of carboxylic acid groups (broad SMARTS) is 1. The summed E-state index contributed by atoms with van der Waals surface area (Å²) in [5, 5.41) is 24.3. The summed E-state index contributed by atoms with van der Waals surface area (Å²) in [6, 6.07) is 0. The molecule has 0 rings (SSSR count). The van der Waals surface area contributed by atoms with Crippen LogP contribution in [-0.4, -0.2) is 52.7 Å². The van der Waals surface area contributed by atoms with Crippen LogP contribution in [0.15, 0.2) is 5.28 Å². The summed E-state index contributed by atoms with van der Waals surface area (Å²) >= 11 is 0. The van der Waals surface area contributed by atoms with Gasteiger partial charge >= 0.3 is 12.1 Å². The molecule has 0 aromatic heterocycles. The normalized spacial score (nSPS) is 11.7. The molecule has 0 saturated heterocycles. The number of hydrogen-bond donors (Lipinski definition) is 1. The number of aliphatic carboxylic acids is 1. The summed E-state index contributed by atoms with van der Waals surface area (Å²) < 4.78 is 8.84. The van der Waals surface area contributed by atoms with Crippen molar-refractivity contribution in [2.45, 2.75) is 33.2 Å². The highest BCUT2D eigenvalue weighted by molar-refractivity contribution is 5.68. The fourth-order valence-corrected chi connectivity index (χ4v) is 1.03. The standard InChI is InChI=1S/C10H19N3O7/c1-5-18-9(16)19-7-20-11-13(17)12(6-8(14)15)10(2,3)4/h5-7H2,1-4H3,(H,14,15). The second-order valence-corrected chi connectivity index (χ2v) is 4.53. The SMILES string of the molecule is CCOC(=O)OCON=[N+]([O-])N(CC(=O)O)C(C)(C)C. The highest BCUT2D eigenvalue weighted by atomic mass is 16.8. The van der Waals surface area contributed by atoms with E-state index in [4.69, 9.17) is 5.11 Å². The molecule has 0 radical (unpaired) electrons. The van der Waals surface area contributed by atoms with Crippen LogP contribution >= 0.6 is 0 Å². The van der Waals surface area contributed by atoms with E-state index in [0.29, 0.717) is 0 Å². The van der Waals surface area contributed by atoms with Crippen molar-refractivity contribution in [2.24, 2.45) is 5.28 Å². The van der Waals surface area contributed by atoms with Crippen LogP contribution in [0.2, 0.25) is 0 Å². The molecule has 0 spiro atoms. The van der Waals surface area contributed by atoms with Crippen molar-refractivity contribution < 1.29 is 34.0 Å². The molecule has 0 bridgehead atoms. The van der Waals surface area contributed by atoms with Gasteiger partial charge in [0.15, 0.2) is 6.54 Å². The van der Waals surface area contributed by atoms with Crippen molar-refractivity contribution in [1.82, 2.24) is 5.01 Å². The van der Waals surface area contributed by atoms with Crippen LogP contribution in [0, 0.1) is 5.21 Å². The quantitative estimate of drug-likeness (QED) is 0.185. The molecule has 0 aliphatic rings. The number of carboxylic acids is 1. The zero-order valence-electron chi connectivity index (χ0n) is 11.9. The third-order valence-electron chi connectivity index (χ3n) is 1.89. The first-order valence-corrected chi connectivity index (χ1v) is 5.77. The van der Waals surface area contributed by atoms with Gasteiger partial charge in [-0.3, -0.25) is 4.79 Å². The first kappa shape index (κ1) is 17.7. The molecule has 116 valence electrons. The van der Waals surface area contributed by atoms with Gasteiger partial charge in [0.25, 0.3) is 6.79 Å². The first-order valence-electron chi connectivity index (χ1n) is 5.77. The second kappa shape index (κ2) is 8.02. The Hall–Kier alpha value is -2.26. The van der Waals surface area contributed by atoms with E-state index in [2.05, 4.69) is 19.6 Å². The summed E-state index contributed by atoms with van der Waals surface area (Å²) in [6.45, 7) is 5.45. The molecule has 10 nitrogen and oxygen atoms in total. The molecular formula is C10H19N3O7. The maximum Gasteiger partial charge on any atom is 0.511 e. The van der Waals surface area contributed by atoms with E-state index < -0.39 is 31.0 Å². The fraction of sp³-hybridized carbons (Fsp3) is 0.800. The molecule has 0 aromatic carbocycles. The van der Waals surface area contributed by atoms with E-state index in [1.54, 1.807) is 27.7 Å². The summed E-state index contributed by atoms with van der Waals surface area (Å²) in [7, 11) is 0. The largest absolute Gasteiger partial charge is 0.569 e. The van der Waals surface area contributed by atoms with Gasteiger partial charge in [-0.25, -0.2) is 4.79 Å². The van der Waals surface area contributed by atoms with Crippen LogP contribution in [-0.2, 0) is 19.1 Å². The van der Waals surface area contributed by atoms with E-state index in [1.165, 1.54) is 0 Å². The third-order valence-corrected chi connectivity index (χ3v) is 1.89. The second-order valence-electron chi connectivity index (χ2n) is 4.53. The molecule has 0 aliphatic carbocycles. The Morgan fingerprint density at radius 2 is 1.95 bits per heavy atom. The van der Waals surface area contributed by atoms with Crippen molar-refractivity contribution in [1.29, 1.82) is 0 Å². The van der Waals surface area contributed by atoms with E-state index in [-0.39, 0.29) is 11.6 Å². The molecular weight excluding hydrogens is 274 g/mol. The van der Waals surface area contributed by atoms with Crippen LogP contribution in [0.25, 0.3) is 0 Å². The van der Waals surface area contributed by atoms with Gasteiger partial charge in [0, 0.05) is 0 Å². The van der Waals surface area contributed by atoms with Gasteiger partial charge in [-0.05, 0) is 27.7 Å². The lowest BCUT2D eigenvalue weighted by Gasteiger charge is -2.28. The van der Waals surface area contributed by atoms with Gasteiger partial charge in [-0.1, -0.05) is 0 Å². The average Bonchev–Trinajstić information content (AvgIpc) is 2.30. The van der Waals surface area contributed by atoms with Gasteiger partial charge < -0.3 is 24.6 Å². The van der Waals surface area contributed by atoms with Crippen LogP contribution in [0.1, 0.15) is 27.7 Å². The molecule has 0 atom stereocenters. The Morgan fingerprint density at radius 1 is 1.35 bits per heavy atom. The molecule has 0 aliphatic heterocycles. The van der Waals surface area contributed by atoms with Crippen LogP contribution in [0.5, 0.6) is 0 Å². The minimum absolute atomic E-state index is 0.0113. The highest BCUT2D eigenvalue weighted by Crippen LogP contribution is 2.13. The van der Waals surface area contributed by atoms with Crippen molar-refractivity contribution in [3.05, 3.63) is 5.21 Å². The van der Waals surface area contributed by atoms with Gasteiger partial charge in [-0.2, -0.15) is 0 Å². The van der Waals surface area contributed by atoms with Crippen molar-refractivity contribution >= 4 is 12.1 Å². The van der Waals surface area contributed by atoms with Gasteiger partial charge in [-0.15, -0.1) is 5.01 Å². The van der Waals surface area contributed by atoms with E-state index in [1.807, 2.05) is 0 Å². The lowest BCUT2D eigenvalue weighted by molar-refractivity contribution is -0.724. The summed E-state index contributed by atoms with van der Waals surface area (Å²) in [6.07, 6.45) is -0.960. The van der Waals surface area contributed by atoms with Crippen molar-refractivity contribution in [3.63, 3.8) is 0 Å². The maximum atomic E-state index is 11.6. The highest BCUT2D eigenvalue weighted by Gasteiger charge is 2.31. The molecule has 20 heavy (non-hydrogen) atoms. The monoisotopic (exact) mass is 293 g/mol. The average molecular weight is 293 g/mol. The topological polar surface area (TPSA) is 124 Å². The Bertz CT molecular complexity index is 364. The number of carbonyl (C=O) groups excluding carboxylic acids is 1. The Morgan fingerprint density at radius 3 is 2.40 bits per heavy atom. The van der Waals surface area contributed by atoms with Crippen molar-refractivity contribution in [3.8, 4) is 0 Å². The number of rotatable bonds is 7.